The lowest BCUT2D eigenvalue weighted by Gasteiger charge is -2.35. The molecule has 0 bridgehead atoms. The van der Waals surface area contributed by atoms with E-state index in [9.17, 15) is 9.59 Å². The first-order chi connectivity index (χ1) is 10.1. The zero-order valence-electron chi connectivity index (χ0n) is 12.5. The van der Waals surface area contributed by atoms with Gasteiger partial charge in [0.1, 0.15) is 0 Å². The van der Waals surface area contributed by atoms with Crippen molar-refractivity contribution in [2.75, 3.05) is 25.0 Å². The topological polar surface area (TPSA) is 40.6 Å². The van der Waals surface area contributed by atoms with Crippen molar-refractivity contribution in [3.63, 3.8) is 0 Å². The molecule has 0 aliphatic carbocycles. The summed E-state index contributed by atoms with van der Waals surface area (Å²) in [7, 11) is 1.77. The molecule has 1 unspecified atom stereocenters. The zero-order chi connectivity index (χ0) is 15.0. The lowest BCUT2D eigenvalue weighted by molar-refractivity contribution is -0.135. The van der Waals surface area contributed by atoms with Gasteiger partial charge >= 0.3 is 0 Å². The Bertz CT molecular complexity index is 621. The van der Waals surface area contributed by atoms with Crippen molar-refractivity contribution >= 4 is 17.5 Å². The molecule has 110 valence electrons. The first kappa shape index (κ1) is 13.9. The maximum absolute atomic E-state index is 12.8. The summed E-state index contributed by atoms with van der Waals surface area (Å²) in [5.41, 5.74) is 3.16. The van der Waals surface area contributed by atoms with Crippen LogP contribution in [0.25, 0.3) is 0 Å². The van der Waals surface area contributed by atoms with Gasteiger partial charge in [0.15, 0.2) is 0 Å². The Morgan fingerprint density at radius 3 is 2.76 bits per heavy atom. The summed E-state index contributed by atoms with van der Waals surface area (Å²) < 4.78 is 0. The van der Waals surface area contributed by atoms with E-state index in [1.54, 1.807) is 11.9 Å². The Labute approximate surface area is 125 Å². The monoisotopic (exact) mass is 284 g/mol. The number of hydrogen-bond acceptors (Lipinski definition) is 2. The van der Waals surface area contributed by atoms with Gasteiger partial charge in [-0.3, -0.25) is 9.59 Å². The van der Waals surface area contributed by atoms with Crippen LogP contribution in [0.4, 0.5) is 5.69 Å². The maximum atomic E-state index is 12.8. The average molecular weight is 284 g/mol. The first-order valence-electron chi connectivity index (χ1n) is 7.38. The number of fused-ring (bicyclic) bond motifs is 1. The summed E-state index contributed by atoms with van der Waals surface area (Å²) in [5, 5.41) is 0. The third-order valence-corrected chi connectivity index (χ3v) is 4.47. The van der Waals surface area contributed by atoms with Gasteiger partial charge in [-0.15, -0.1) is 0 Å². The van der Waals surface area contributed by atoms with Crippen LogP contribution >= 0.6 is 0 Å². The summed E-state index contributed by atoms with van der Waals surface area (Å²) in [6.45, 7) is 3.51. The van der Waals surface area contributed by atoms with Crippen LogP contribution < -0.4 is 4.90 Å². The molecular formula is C17H20N2O2. The molecule has 21 heavy (non-hydrogen) atoms. The van der Waals surface area contributed by atoms with Crippen molar-refractivity contribution in [1.29, 1.82) is 0 Å². The van der Waals surface area contributed by atoms with Gasteiger partial charge in [-0.2, -0.15) is 0 Å². The first-order valence-corrected chi connectivity index (χ1v) is 7.38. The van der Waals surface area contributed by atoms with Crippen LogP contribution in [0.2, 0.25) is 0 Å². The van der Waals surface area contributed by atoms with Gasteiger partial charge in [-0.05, 0) is 25.0 Å². The Kier molecular flexibility index (Phi) is 3.53. The minimum Gasteiger partial charge on any atom is -0.338 e. The van der Waals surface area contributed by atoms with Crippen molar-refractivity contribution in [3.05, 3.63) is 41.5 Å². The fourth-order valence-corrected chi connectivity index (χ4v) is 3.06. The number of anilines is 1. The van der Waals surface area contributed by atoms with Crippen molar-refractivity contribution < 1.29 is 9.59 Å². The zero-order valence-corrected chi connectivity index (χ0v) is 12.5. The molecule has 2 amide bonds. The molecule has 2 aliphatic heterocycles. The highest BCUT2D eigenvalue weighted by Gasteiger charge is 2.35. The third-order valence-electron chi connectivity index (χ3n) is 4.47. The average Bonchev–Trinajstić information content (AvgIpc) is 2.51. The van der Waals surface area contributed by atoms with E-state index in [0.717, 1.165) is 24.2 Å². The largest absolute Gasteiger partial charge is 0.338 e. The second kappa shape index (κ2) is 5.35. The third kappa shape index (κ3) is 2.46. The summed E-state index contributed by atoms with van der Waals surface area (Å²) in [6, 6.07) is 7.71. The van der Waals surface area contributed by atoms with Crippen LogP contribution in [-0.4, -0.2) is 36.9 Å². The van der Waals surface area contributed by atoms with E-state index >= 15 is 0 Å². The number of rotatable bonds is 1. The van der Waals surface area contributed by atoms with Gasteiger partial charge in [-0.25, -0.2) is 0 Å². The lowest BCUT2D eigenvalue weighted by Crippen LogP contribution is -2.42. The van der Waals surface area contributed by atoms with E-state index in [0.29, 0.717) is 6.54 Å². The molecule has 0 radical (unpaired) electrons. The quantitative estimate of drug-likeness (QED) is 0.743. The predicted octanol–water partition coefficient (Wildman–Crippen LogP) is 2.32. The molecule has 4 heteroatoms. The van der Waals surface area contributed by atoms with Crippen molar-refractivity contribution in [2.24, 2.45) is 0 Å². The number of carbonyl (C=O) groups is 2. The van der Waals surface area contributed by atoms with E-state index in [1.165, 1.54) is 5.57 Å². The van der Waals surface area contributed by atoms with E-state index in [1.807, 2.05) is 29.2 Å². The van der Waals surface area contributed by atoms with Gasteiger partial charge in [-0.1, -0.05) is 29.8 Å². The van der Waals surface area contributed by atoms with E-state index in [4.69, 9.17) is 0 Å². The number of carbonyl (C=O) groups excluding carboxylic acids is 2. The molecule has 0 N–H and O–H groups in total. The number of para-hydroxylation sites is 1. The molecule has 1 aromatic rings. The highest BCUT2D eigenvalue weighted by Crippen LogP contribution is 2.36. The van der Waals surface area contributed by atoms with Gasteiger partial charge in [0.2, 0.25) is 11.8 Å². The summed E-state index contributed by atoms with van der Waals surface area (Å²) in [6.07, 6.45) is 3.30. The molecule has 3 rings (SSSR count). The normalized spacial score (nSPS) is 21.9. The second-order valence-electron chi connectivity index (χ2n) is 5.85. The molecule has 0 aromatic heterocycles. The SMILES string of the molecule is CC1=CCN(C(=O)C2CC(=O)N(C)c3ccccc32)CC1. The number of benzene rings is 1. The van der Waals surface area contributed by atoms with Crippen molar-refractivity contribution in [2.45, 2.75) is 25.7 Å². The van der Waals surface area contributed by atoms with Gasteiger partial charge in [0, 0.05) is 32.2 Å². The molecule has 2 aliphatic rings. The van der Waals surface area contributed by atoms with Gasteiger partial charge in [0.25, 0.3) is 0 Å². The molecule has 0 fully saturated rings. The molecule has 1 aromatic carbocycles. The molecule has 0 saturated heterocycles. The molecule has 0 saturated carbocycles. The van der Waals surface area contributed by atoms with Crippen LogP contribution in [-0.2, 0) is 9.59 Å². The van der Waals surface area contributed by atoms with Gasteiger partial charge in [0.05, 0.1) is 5.92 Å². The van der Waals surface area contributed by atoms with E-state index < -0.39 is 0 Å². The molecule has 2 heterocycles. The lowest BCUT2D eigenvalue weighted by atomic mass is 9.88. The smallest absolute Gasteiger partial charge is 0.231 e. The fourth-order valence-electron chi connectivity index (χ4n) is 3.06. The molecule has 0 spiro atoms. The predicted molar refractivity (Wildman–Crippen MR) is 82.2 cm³/mol. The number of hydrogen-bond donors (Lipinski definition) is 0. The highest BCUT2D eigenvalue weighted by atomic mass is 16.2. The Morgan fingerprint density at radius 2 is 2.05 bits per heavy atom. The van der Waals surface area contributed by atoms with Crippen LogP contribution in [0.1, 0.15) is 31.2 Å². The van der Waals surface area contributed by atoms with Gasteiger partial charge < -0.3 is 9.80 Å². The van der Waals surface area contributed by atoms with E-state index in [2.05, 4.69) is 13.0 Å². The van der Waals surface area contributed by atoms with Crippen molar-refractivity contribution in [1.82, 2.24) is 4.90 Å². The van der Waals surface area contributed by atoms with Crippen LogP contribution in [0.3, 0.4) is 0 Å². The van der Waals surface area contributed by atoms with Crippen LogP contribution in [0, 0.1) is 0 Å². The highest BCUT2D eigenvalue weighted by molar-refractivity contribution is 6.02. The van der Waals surface area contributed by atoms with Crippen molar-refractivity contribution in [3.8, 4) is 0 Å². The Balaban J connectivity index is 1.90. The number of amides is 2. The van der Waals surface area contributed by atoms with Crippen LogP contribution in [0.5, 0.6) is 0 Å². The summed E-state index contributed by atoms with van der Waals surface area (Å²) >= 11 is 0. The van der Waals surface area contributed by atoms with E-state index in [-0.39, 0.29) is 24.2 Å². The standard InChI is InChI=1S/C17H20N2O2/c1-12-7-9-19(10-8-12)17(21)14-11-16(20)18(2)15-6-4-3-5-13(14)15/h3-7,14H,8-11H2,1-2H3. The maximum Gasteiger partial charge on any atom is 0.231 e. The summed E-state index contributed by atoms with van der Waals surface area (Å²) in [4.78, 5) is 28.5. The fraction of sp³-hybridized carbons (Fsp3) is 0.412. The molecule has 4 nitrogen and oxygen atoms in total. The Morgan fingerprint density at radius 1 is 1.29 bits per heavy atom. The minimum absolute atomic E-state index is 0.00998. The molecule has 1 atom stereocenters. The molecular weight excluding hydrogens is 264 g/mol. The minimum atomic E-state index is -0.336. The second-order valence-corrected chi connectivity index (χ2v) is 5.85. The number of nitrogens with zero attached hydrogens (tertiary/aromatic N) is 2. The van der Waals surface area contributed by atoms with Crippen LogP contribution in [0.15, 0.2) is 35.9 Å². The Hall–Kier alpha value is -2.10. The summed E-state index contributed by atoms with van der Waals surface area (Å²) in [5.74, 6) is -0.250.